The molecule has 0 radical (unpaired) electrons. The normalized spacial score (nSPS) is 15.0. The third-order valence-corrected chi connectivity index (χ3v) is 2.67. The van der Waals surface area contributed by atoms with E-state index in [4.69, 9.17) is 5.11 Å². The van der Waals surface area contributed by atoms with Crippen molar-refractivity contribution in [2.75, 3.05) is 11.4 Å². The molecule has 4 heteroatoms. The molecule has 15 heavy (non-hydrogen) atoms. The van der Waals surface area contributed by atoms with Gasteiger partial charge in [-0.3, -0.25) is 4.98 Å². The van der Waals surface area contributed by atoms with Crippen LogP contribution in [-0.4, -0.2) is 28.6 Å². The molecule has 80 valence electrons. The van der Waals surface area contributed by atoms with Gasteiger partial charge in [0.15, 0.2) is 0 Å². The summed E-state index contributed by atoms with van der Waals surface area (Å²) in [5, 5.41) is 9.06. The van der Waals surface area contributed by atoms with Crippen molar-refractivity contribution in [1.82, 2.24) is 4.98 Å². The highest BCUT2D eigenvalue weighted by molar-refractivity contribution is 5.94. The van der Waals surface area contributed by atoms with Gasteiger partial charge in [-0.1, -0.05) is 0 Å². The second kappa shape index (κ2) is 3.88. The zero-order chi connectivity index (χ0) is 10.8. The molecule has 0 unspecified atom stereocenters. The van der Waals surface area contributed by atoms with Gasteiger partial charge >= 0.3 is 5.97 Å². The predicted molar refractivity (Wildman–Crippen MR) is 57.2 cm³/mol. The quantitative estimate of drug-likeness (QED) is 0.815. The van der Waals surface area contributed by atoms with Crippen LogP contribution in [0, 0.1) is 0 Å². The lowest BCUT2D eigenvalue weighted by atomic mass is 10.2. The molecule has 1 heterocycles. The van der Waals surface area contributed by atoms with Crippen LogP contribution in [0.3, 0.4) is 0 Å². The largest absolute Gasteiger partial charge is 0.478 e. The smallest absolute Gasteiger partial charge is 0.337 e. The highest BCUT2D eigenvalue weighted by atomic mass is 16.4. The summed E-state index contributed by atoms with van der Waals surface area (Å²) in [4.78, 5) is 17.2. The van der Waals surface area contributed by atoms with Crippen LogP contribution in [0.25, 0.3) is 0 Å². The Morgan fingerprint density at radius 3 is 2.93 bits per heavy atom. The van der Waals surface area contributed by atoms with Crippen LogP contribution < -0.4 is 4.90 Å². The molecule has 0 amide bonds. The second-order valence-corrected chi connectivity index (χ2v) is 3.72. The first-order chi connectivity index (χ1) is 7.24. The van der Waals surface area contributed by atoms with Gasteiger partial charge < -0.3 is 10.0 Å². The van der Waals surface area contributed by atoms with Crippen molar-refractivity contribution in [2.45, 2.75) is 25.8 Å². The maximum Gasteiger partial charge on any atom is 0.337 e. The highest BCUT2D eigenvalue weighted by Gasteiger charge is 2.30. The molecule has 1 N–H and O–H groups in total. The summed E-state index contributed by atoms with van der Waals surface area (Å²) < 4.78 is 0. The number of carboxylic acids is 1. The molecule has 0 atom stereocenters. The molecule has 0 saturated heterocycles. The molecule has 1 aliphatic rings. The molecule has 2 rings (SSSR count). The number of carboxylic acid groups (broad SMARTS) is 1. The fraction of sp³-hybridized carbons (Fsp3) is 0.455. The minimum Gasteiger partial charge on any atom is -0.478 e. The molecule has 0 aromatic carbocycles. The SMILES string of the molecule is CCN(c1cnccc1C(=O)O)C1CC1. The zero-order valence-electron chi connectivity index (χ0n) is 8.68. The summed E-state index contributed by atoms with van der Waals surface area (Å²) in [5.74, 6) is -0.883. The first kappa shape index (κ1) is 9.96. The van der Waals surface area contributed by atoms with Crippen LogP contribution in [0.4, 0.5) is 5.69 Å². The third-order valence-electron chi connectivity index (χ3n) is 2.67. The Morgan fingerprint density at radius 1 is 1.67 bits per heavy atom. The highest BCUT2D eigenvalue weighted by Crippen LogP contribution is 2.32. The van der Waals surface area contributed by atoms with E-state index in [2.05, 4.69) is 9.88 Å². The number of aromatic nitrogens is 1. The molecule has 0 spiro atoms. The van der Waals surface area contributed by atoms with E-state index in [1.165, 1.54) is 6.20 Å². The summed E-state index contributed by atoms with van der Waals surface area (Å²) in [6, 6.07) is 2.07. The number of hydrogen-bond donors (Lipinski definition) is 1. The number of pyridine rings is 1. The maximum atomic E-state index is 11.0. The van der Waals surface area contributed by atoms with Crippen molar-refractivity contribution >= 4 is 11.7 Å². The van der Waals surface area contributed by atoms with Crippen LogP contribution in [-0.2, 0) is 0 Å². The Bertz CT molecular complexity index is 375. The molecular weight excluding hydrogens is 192 g/mol. The number of rotatable bonds is 4. The standard InChI is InChI=1S/C11H14N2O2/c1-2-13(8-3-4-8)10-7-12-6-5-9(10)11(14)15/h5-8H,2-4H2,1H3,(H,14,15). The van der Waals surface area contributed by atoms with E-state index in [-0.39, 0.29) is 0 Å². The van der Waals surface area contributed by atoms with Crippen LogP contribution in [0.5, 0.6) is 0 Å². The van der Waals surface area contributed by atoms with Gasteiger partial charge in [0.05, 0.1) is 17.4 Å². The molecule has 1 aliphatic carbocycles. The maximum absolute atomic E-state index is 11.0. The fourth-order valence-electron chi connectivity index (χ4n) is 1.81. The second-order valence-electron chi connectivity index (χ2n) is 3.72. The van der Waals surface area contributed by atoms with Gasteiger partial charge in [-0.25, -0.2) is 4.79 Å². The third kappa shape index (κ3) is 1.93. The zero-order valence-corrected chi connectivity index (χ0v) is 8.68. The van der Waals surface area contributed by atoms with E-state index in [0.717, 1.165) is 25.1 Å². The molecule has 1 aromatic rings. The van der Waals surface area contributed by atoms with Crippen molar-refractivity contribution < 1.29 is 9.90 Å². The van der Waals surface area contributed by atoms with Crippen molar-refractivity contribution in [1.29, 1.82) is 0 Å². The van der Waals surface area contributed by atoms with E-state index in [9.17, 15) is 4.79 Å². The Balaban J connectivity index is 2.36. The summed E-state index contributed by atoms with van der Waals surface area (Å²) in [6.07, 6.45) is 5.47. The van der Waals surface area contributed by atoms with E-state index < -0.39 is 5.97 Å². The average molecular weight is 206 g/mol. The molecule has 1 saturated carbocycles. The minimum atomic E-state index is -0.883. The Labute approximate surface area is 88.6 Å². The van der Waals surface area contributed by atoms with Crippen LogP contribution in [0.2, 0.25) is 0 Å². The minimum absolute atomic E-state index is 0.346. The number of nitrogens with zero attached hydrogens (tertiary/aromatic N) is 2. The van der Waals surface area contributed by atoms with Crippen LogP contribution >= 0.6 is 0 Å². The number of aromatic carboxylic acids is 1. The molecule has 1 fully saturated rings. The van der Waals surface area contributed by atoms with E-state index in [1.54, 1.807) is 12.3 Å². The van der Waals surface area contributed by atoms with Crippen LogP contribution in [0.1, 0.15) is 30.1 Å². The summed E-state index contributed by atoms with van der Waals surface area (Å²) in [6.45, 7) is 2.87. The van der Waals surface area contributed by atoms with E-state index >= 15 is 0 Å². The lowest BCUT2D eigenvalue weighted by molar-refractivity contribution is 0.0697. The molecule has 1 aromatic heterocycles. The topological polar surface area (TPSA) is 53.4 Å². The molecule has 4 nitrogen and oxygen atoms in total. The Morgan fingerprint density at radius 2 is 2.40 bits per heavy atom. The predicted octanol–water partition coefficient (Wildman–Crippen LogP) is 1.77. The fourth-order valence-corrected chi connectivity index (χ4v) is 1.81. The van der Waals surface area contributed by atoms with Crippen molar-refractivity contribution in [3.05, 3.63) is 24.0 Å². The Kier molecular flexibility index (Phi) is 2.58. The average Bonchev–Trinajstić information content (AvgIpc) is 3.04. The summed E-state index contributed by atoms with van der Waals surface area (Å²) >= 11 is 0. The first-order valence-corrected chi connectivity index (χ1v) is 5.18. The lowest BCUT2D eigenvalue weighted by Gasteiger charge is -2.23. The van der Waals surface area contributed by atoms with Gasteiger partial charge in [0.1, 0.15) is 0 Å². The van der Waals surface area contributed by atoms with Crippen LogP contribution in [0.15, 0.2) is 18.5 Å². The Hall–Kier alpha value is -1.58. The van der Waals surface area contributed by atoms with Crippen molar-refractivity contribution in [2.24, 2.45) is 0 Å². The lowest BCUT2D eigenvalue weighted by Crippen LogP contribution is -2.27. The van der Waals surface area contributed by atoms with E-state index in [1.807, 2.05) is 6.92 Å². The van der Waals surface area contributed by atoms with Crippen molar-refractivity contribution in [3.8, 4) is 0 Å². The van der Waals surface area contributed by atoms with Gasteiger partial charge in [-0.15, -0.1) is 0 Å². The van der Waals surface area contributed by atoms with Gasteiger partial charge in [0.25, 0.3) is 0 Å². The summed E-state index contributed by atoms with van der Waals surface area (Å²) in [5.41, 5.74) is 1.09. The number of hydrogen-bond acceptors (Lipinski definition) is 3. The molecular formula is C11H14N2O2. The van der Waals surface area contributed by atoms with Gasteiger partial charge in [0.2, 0.25) is 0 Å². The molecule has 0 aliphatic heterocycles. The first-order valence-electron chi connectivity index (χ1n) is 5.18. The number of carbonyl (C=O) groups is 1. The van der Waals surface area contributed by atoms with E-state index in [0.29, 0.717) is 11.6 Å². The van der Waals surface area contributed by atoms with Crippen molar-refractivity contribution in [3.63, 3.8) is 0 Å². The van der Waals surface area contributed by atoms with Gasteiger partial charge in [-0.05, 0) is 25.8 Å². The number of anilines is 1. The monoisotopic (exact) mass is 206 g/mol. The van der Waals surface area contributed by atoms with Gasteiger partial charge in [0, 0.05) is 18.8 Å². The van der Waals surface area contributed by atoms with Gasteiger partial charge in [-0.2, -0.15) is 0 Å². The molecule has 0 bridgehead atoms. The summed E-state index contributed by atoms with van der Waals surface area (Å²) in [7, 11) is 0.